The van der Waals surface area contributed by atoms with E-state index in [0.717, 1.165) is 55.4 Å². The fourth-order valence-electron chi connectivity index (χ4n) is 6.25. The highest BCUT2D eigenvalue weighted by molar-refractivity contribution is 7.23. The molecule has 2 saturated heterocycles. The fraction of sp³-hybridized carbons (Fsp3) is 0.333. The van der Waals surface area contributed by atoms with Crippen LogP contribution in [-0.2, 0) is 18.0 Å². The van der Waals surface area contributed by atoms with E-state index in [4.69, 9.17) is 15.2 Å². The molecule has 3 aliphatic rings. The Bertz CT molecular complexity index is 1730. The van der Waals surface area contributed by atoms with Crippen LogP contribution < -0.4 is 10.5 Å². The Kier molecular flexibility index (Phi) is 5.17. The Morgan fingerprint density at radius 2 is 2.11 bits per heavy atom. The van der Waals surface area contributed by atoms with Crippen molar-refractivity contribution < 1.29 is 18.3 Å². The summed E-state index contributed by atoms with van der Waals surface area (Å²) in [6, 6.07) is 2.10. The van der Waals surface area contributed by atoms with Crippen molar-refractivity contribution in [2.45, 2.75) is 38.0 Å². The number of nitrogen functional groups attached to an aromatic ring is 1. The van der Waals surface area contributed by atoms with Gasteiger partial charge in [0.15, 0.2) is 11.6 Å². The predicted molar refractivity (Wildman–Crippen MR) is 138 cm³/mol. The van der Waals surface area contributed by atoms with Gasteiger partial charge < -0.3 is 15.2 Å². The van der Waals surface area contributed by atoms with Crippen LogP contribution in [0.5, 0.6) is 6.01 Å². The molecule has 11 heteroatoms. The van der Waals surface area contributed by atoms with Crippen LogP contribution in [0.3, 0.4) is 0 Å². The maximum atomic E-state index is 16.4. The van der Waals surface area contributed by atoms with Crippen LogP contribution in [0.4, 0.5) is 13.8 Å². The van der Waals surface area contributed by atoms with Crippen LogP contribution in [-0.4, -0.2) is 45.1 Å². The van der Waals surface area contributed by atoms with Gasteiger partial charge in [0.05, 0.1) is 40.9 Å². The van der Waals surface area contributed by atoms with Gasteiger partial charge in [-0.05, 0) is 36.9 Å². The second kappa shape index (κ2) is 8.39. The molecule has 192 valence electrons. The number of nitrogens with zero attached hydrogens (tertiary/aromatic N) is 5. The maximum absolute atomic E-state index is 16.4. The van der Waals surface area contributed by atoms with Crippen molar-refractivity contribution in [2.75, 3.05) is 25.4 Å². The number of nitriles is 1. The van der Waals surface area contributed by atoms with Crippen LogP contribution in [0, 0.1) is 23.0 Å². The molecule has 2 N–H and O–H groups in total. The van der Waals surface area contributed by atoms with E-state index in [1.165, 1.54) is 5.57 Å². The summed E-state index contributed by atoms with van der Waals surface area (Å²) in [6.45, 7) is 6.79. The smallest absolute Gasteiger partial charge is 0.317 e. The summed E-state index contributed by atoms with van der Waals surface area (Å²) in [4.78, 5) is 15.5. The number of pyridine rings is 1. The lowest BCUT2D eigenvalue weighted by atomic mass is 9.94. The number of aromatic nitrogens is 3. The first-order valence-electron chi connectivity index (χ1n) is 12.3. The van der Waals surface area contributed by atoms with Gasteiger partial charge in [-0.25, -0.2) is 13.8 Å². The molecule has 0 aliphatic carbocycles. The standard InChI is InChI=1S/C27H22F2N6O2S/c1-13-5-27(3-2-4-35(27)9-13)12-37-26-33-7-15-16-10-36-11-17(16)19(21(29)22(15)34-26)23-20-14(6-30)25(31)38-24(20)18(28)8-32-23/h7-8H,1-5,9-12,31H2. The van der Waals surface area contributed by atoms with Gasteiger partial charge in [0, 0.05) is 29.1 Å². The average molecular weight is 533 g/mol. The zero-order valence-electron chi connectivity index (χ0n) is 20.3. The molecule has 4 aromatic rings. The van der Waals surface area contributed by atoms with E-state index < -0.39 is 11.6 Å². The number of rotatable bonds is 4. The third kappa shape index (κ3) is 3.27. The Labute approximate surface area is 220 Å². The molecule has 38 heavy (non-hydrogen) atoms. The van der Waals surface area contributed by atoms with Crippen molar-refractivity contribution in [3.63, 3.8) is 0 Å². The second-order valence-corrected chi connectivity index (χ2v) is 11.2. The first-order valence-corrected chi connectivity index (χ1v) is 13.1. The van der Waals surface area contributed by atoms with Gasteiger partial charge in [-0.1, -0.05) is 12.2 Å². The van der Waals surface area contributed by atoms with Gasteiger partial charge in [-0.3, -0.25) is 9.88 Å². The van der Waals surface area contributed by atoms with Crippen molar-refractivity contribution in [3.8, 4) is 23.3 Å². The molecule has 0 bridgehead atoms. The van der Waals surface area contributed by atoms with Gasteiger partial charge in [-0.15, -0.1) is 11.3 Å². The van der Waals surface area contributed by atoms with E-state index in [1.54, 1.807) is 6.20 Å². The highest BCUT2D eigenvalue weighted by Crippen LogP contribution is 2.45. The lowest BCUT2D eigenvalue weighted by Gasteiger charge is -2.30. The first kappa shape index (κ1) is 23.4. The predicted octanol–water partition coefficient (Wildman–Crippen LogP) is 4.84. The number of fused-ring (bicyclic) bond motifs is 5. The van der Waals surface area contributed by atoms with E-state index in [0.29, 0.717) is 17.6 Å². The highest BCUT2D eigenvalue weighted by Gasteiger charge is 2.46. The summed E-state index contributed by atoms with van der Waals surface area (Å²) in [5, 5.41) is 10.6. The molecular weight excluding hydrogens is 510 g/mol. The topological polar surface area (TPSA) is 110 Å². The Balaban J connectivity index is 1.37. The van der Waals surface area contributed by atoms with E-state index in [1.807, 2.05) is 6.07 Å². The number of hydrogen-bond donors (Lipinski definition) is 1. The van der Waals surface area contributed by atoms with Gasteiger partial charge in [0.1, 0.15) is 23.2 Å². The summed E-state index contributed by atoms with van der Waals surface area (Å²) in [5.74, 6) is -1.27. The molecule has 0 saturated carbocycles. The maximum Gasteiger partial charge on any atom is 0.317 e. The number of nitrogens with two attached hydrogens (primary N) is 1. The molecule has 3 aliphatic heterocycles. The third-order valence-electron chi connectivity index (χ3n) is 7.93. The minimum atomic E-state index is -0.652. The molecule has 0 spiro atoms. The van der Waals surface area contributed by atoms with Crippen molar-refractivity contribution in [3.05, 3.63) is 52.9 Å². The lowest BCUT2D eigenvalue weighted by Crippen LogP contribution is -2.43. The van der Waals surface area contributed by atoms with Gasteiger partial charge >= 0.3 is 6.01 Å². The molecular formula is C27H22F2N6O2S. The minimum Gasteiger partial charge on any atom is -0.461 e. The SMILES string of the molecule is C=C1CN2CCCC2(COc2ncc3c4c(c(-c5ncc(F)c6sc(N)c(C#N)c56)c(F)c3n2)COC4)C1. The van der Waals surface area contributed by atoms with Crippen LogP contribution in [0.25, 0.3) is 32.2 Å². The second-order valence-electron chi connectivity index (χ2n) is 10.1. The normalized spacial score (nSPS) is 20.8. The number of ether oxygens (including phenoxy) is 2. The van der Waals surface area contributed by atoms with E-state index >= 15 is 4.39 Å². The fourth-order valence-corrected chi connectivity index (χ4v) is 7.17. The monoisotopic (exact) mass is 532 g/mol. The highest BCUT2D eigenvalue weighted by atomic mass is 32.1. The van der Waals surface area contributed by atoms with Crippen LogP contribution in [0.15, 0.2) is 24.5 Å². The zero-order valence-corrected chi connectivity index (χ0v) is 21.1. The molecule has 7 rings (SSSR count). The van der Waals surface area contributed by atoms with Gasteiger partial charge in [0.2, 0.25) is 0 Å². The molecule has 3 aromatic heterocycles. The average Bonchev–Trinajstić information content (AvgIpc) is 3.66. The quantitative estimate of drug-likeness (QED) is 0.372. The van der Waals surface area contributed by atoms with E-state index in [2.05, 4.69) is 26.4 Å². The Morgan fingerprint density at radius 1 is 1.26 bits per heavy atom. The molecule has 1 aromatic carbocycles. The molecule has 1 unspecified atom stereocenters. The molecule has 6 heterocycles. The number of thiophene rings is 1. The number of halogens is 2. The molecule has 1 atom stereocenters. The third-order valence-corrected chi connectivity index (χ3v) is 8.95. The number of anilines is 1. The largest absolute Gasteiger partial charge is 0.461 e. The van der Waals surface area contributed by atoms with Crippen molar-refractivity contribution in [1.82, 2.24) is 19.9 Å². The van der Waals surface area contributed by atoms with Crippen molar-refractivity contribution in [2.24, 2.45) is 0 Å². The molecule has 0 amide bonds. The molecule has 2 fully saturated rings. The summed E-state index contributed by atoms with van der Waals surface area (Å²) < 4.78 is 42.9. The summed E-state index contributed by atoms with van der Waals surface area (Å²) in [5.41, 5.74) is 8.77. The van der Waals surface area contributed by atoms with Gasteiger partial charge in [-0.2, -0.15) is 10.2 Å². The van der Waals surface area contributed by atoms with Crippen molar-refractivity contribution in [1.29, 1.82) is 5.26 Å². The minimum absolute atomic E-state index is 0.0619. The van der Waals surface area contributed by atoms with Crippen LogP contribution in [0.1, 0.15) is 36.0 Å². The van der Waals surface area contributed by atoms with E-state index in [9.17, 15) is 9.65 Å². The molecule has 8 nitrogen and oxygen atoms in total. The first-order chi connectivity index (χ1) is 18.4. The van der Waals surface area contributed by atoms with Crippen LogP contribution in [0.2, 0.25) is 0 Å². The number of hydrogen-bond acceptors (Lipinski definition) is 9. The van der Waals surface area contributed by atoms with Crippen molar-refractivity contribution >= 4 is 37.3 Å². The summed E-state index contributed by atoms with van der Waals surface area (Å²) in [7, 11) is 0. The Hall–Kier alpha value is -3.72. The number of benzene rings is 1. The van der Waals surface area contributed by atoms with Crippen LogP contribution >= 0.6 is 11.3 Å². The van der Waals surface area contributed by atoms with E-state index in [-0.39, 0.29) is 62.2 Å². The zero-order chi connectivity index (χ0) is 26.2. The summed E-state index contributed by atoms with van der Waals surface area (Å²) in [6.07, 6.45) is 5.54. The summed E-state index contributed by atoms with van der Waals surface area (Å²) >= 11 is 0.940. The molecule has 0 radical (unpaired) electrons. The lowest BCUT2D eigenvalue weighted by molar-refractivity contribution is 0.108. The van der Waals surface area contributed by atoms with Gasteiger partial charge in [0.25, 0.3) is 0 Å². The Morgan fingerprint density at radius 3 is 2.95 bits per heavy atom.